The van der Waals surface area contributed by atoms with Crippen molar-refractivity contribution in [2.24, 2.45) is 0 Å². The molecule has 0 atom stereocenters. The molecule has 1 aliphatic heterocycles. The molecule has 0 spiro atoms. The number of piperazine rings is 1. The van der Waals surface area contributed by atoms with Crippen molar-refractivity contribution in [2.45, 2.75) is 6.54 Å². The van der Waals surface area contributed by atoms with Gasteiger partial charge in [0.25, 0.3) is 5.91 Å². The molecular weight excluding hydrogens is 354 g/mol. The Kier molecular flexibility index (Phi) is 4.73. The molecule has 1 aromatic carbocycles. The van der Waals surface area contributed by atoms with Crippen molar-refractivity contribution in [2.75, 3.05) is 26.2 Å². The lowest BCUT2D eigenvalue weighted by atomic mass is 10.2. The van der Waals surface area contributed by atoms with Crippen molar-refractivity contribution in [3.8, 4) is 5.69 Å². The monoisotopic (exact) mass is 371 g/mol. The number of nitrogens with zero attached hydrogens (tertiary/aromatic N) is 5. The normalized spacial score (nSPS) is 15.3. The molecule has 26 heavy (non-hydrogen) atoms. The summed E-state index contributed by atoms with van der Waals surface area (Å²) >= 11 is 5.91. The molecule has 0 aliphatic carbocycles. The molecule has 0 N–H and O–H groups in total. The van der Waals surface area contributed by atoms with Gasteiger partial charge in [-0.05, 0) is 24.3 Å². The van der Waals surface area contributed by atoms with Crippen LogP contribution in [0.5, 0.6) is 0 Å². The van der Waals surface area contributed by atoms with Crippen LogP contribution in [0.1, 0.15) is 16.1 Å². The maximum atomic E-state index is 12.7. The van der Waals surface area contributed by atoms with E-state index in [1.54, 1.807) is 35.5 Å². The molecule has 0 radical (unpaired) electrons. The number of rotatable bonds is 4. The van der Waals surface area contributed by atoms with Crippen LogP contribution in [0.15, 0.2) is 53.5 Å². The van der Waals surface area contributed by atoms with E-state index in [-0.39, 0.29) is 5.91 Å². The molecule has 7 nitrogen and oxygen atoms in total. The topological polar surface area (TPSA) is 67.4 Å². The minimum Gasteiger partial charge on any atom is -0.364 e. The molecule has 134 valence electrons. The number of carbonyl (C=O) groups is 1. The van der Waals surface area contributed by atoms with E-state index in [4.69, 9.17) is 16.1 Å². The maximum Gasteiger partial charge on any atom is 0.257 e. The number of aromatic nitrogens is 3. The van der Waals surface area contributed by atoms with Crippen LogP contribution in [0.25, 0.3) is 5.69 Å². The Bertz CT molecular complexity index is 867. The van der Waals surface area contributed by atoms with E-state index >= 15 is 0 Å². The first-order valence-corrected chi connectivity index (χ1v) is 8.78. The molecular formula is C18H18ClN5O2. The van der Waals surface area contributed by atoms with Gasteiger partial charge in [-0.2, -0.15) is 5.10 Å². The van der Waals surface area contributed by atoms with Gasteiger partial charge in [0.05, 0.1) is 23.1 Å². The SMILES string of the molecule is O=C(c1cnn(-c2ccc(Cl)cc2)c1)N1CCN(Cc2ccon2)CC1. The number of halogens is 1. The van der Waals surface area contributed by atoms with Gasteiger partial charge in [0.2, 0.25) is 0 Å². The van der Waals surface area contributed by atoms with Crippen molar-refractivity contribution in [3.05, 3.63) is 65.3 Å². The van der Waals surface area contributed by atoms with Gasteiger partial charge in [-0.15, -0.1) is 0 Å². The van der Waals surface area contributed by atoms with Gasteiger partial charge < -0.3 is 9.42 Å². The summed E-state index contributed by atoms with van der Waals surface area (Å²) in [4.78, 5) is 16.9. The van der Waals surface area contributed by atoms with E-state index in [9.17, 15) is 4.79 Å². The van der Waals surface area contributed by atoms with E-state index in [1.165, 1.54) is 0 Å². The molecule has 3 aromatic rings. The zero-order chi connectivity index (χ0) is 17.9. The van der Waals surface area contributed by atoms with E-state index in [2.05, 4.69) is 15.2 Å². The molecule has 4 rings (SSSR count). The molecule has 0 saturated carbocycles. The summed E-state index contributed by atoms with van der Waals surface area (Å²) in [6, 6.07) is 9.20. The van der Waals surface area contributed by atoms with Gasteiger partial charge in [-0.3, -0.25) is 9.69 Å². The predicted octanol–water partition coefficient (Wildman–Crippen LogP) is 2.47. The van der Waals surface area contributed by atoms with Crippen molar-refractivity contribution >= 4 is 17.5 Å². The van der Waals surface area contributed by atoms with Crippen molar-refractivity contribution < 1.29 is 9.32 Å². The van der Waals surface area contributed by atoms with Crippen LogP contribution >= 0.6 is 11.6 Å². The molecule has 1 aliphatic rings. The molecule has 1 fully saturated rings. The van der Waals surface area contributed by atoms with Crippen LogP contribution in [0.4, 0.5) is 0 Å². The highest BCUT2D eigenvalue weighted by atomic mass is 35.5. The van der Waals surface area contributed by atoms with E-state index in [1.807, 2.05) is 23.1 Å². The quantitative estimate of drug-likeness (QED) is 0.704. The Balaban J connectivity index is 1.37. The van der Waals surface area contributed by atoms with E-state index in [0.29, 0.717) is 23.7 Å². The van der Waals surface area contributed by atoms with Crippen LogP contribution in [0, 0.1) is 0 Å². The van der Waals surface area contributed by atoms with Gasteiger partial charge in [0.1, 0.15) is 6.26 Å². The predicted molar refractivity (Wildman–Crippen MR) is 96.3 cm³/mol. The summed E-state index contributed by atoms with van der Waals surface area (Å²) in [5.41, 5.74) is 2.37. The molecule has 3 heterocycles. The second kappa shape index (κ2) is 7.31. The molecule has 8 heteroatoms. The third kappa shape index (κ3) is 3.63. The Labute approximate surface area is 155 Å². The highest BCUT2D eigenvalue weighted by Crippen LogP contribution is 2.15. The maximum absolute atomic E-state index is 12.7. The molecule has 0 bridgehead atoms. The number of hydrogen-bond donors (Lipinski definition) is 0. The van der Waals surface area contributed by atoms with E-state index in [0.717, 1.165) is 31.0 Å². The fourth-order valence-electron chi connectivity index (χ4n) is 3.01. The number of benzene rings is 1. The minimum atomic E-state index is 0.00583. The highest BCUT2D eigenvalue weighted by molar-refractivity contribution is 6.30. The first-order valence-electron chi connectivity index (χ1n) is 8.40. The zero-order valence-corrected chi connectivity index (χ0v) is 14.8. The Morgan fingerprint density at radius 3 is 2.58 bits per heavy atom. The van der Waals surface area contributed by atoms with Crippen molar-refractivity contribution in [1.29, 1.82) is 0 Å². The van der Waals surface area contributed by atoms with Gasteiger partial charge in [0.15, 0.2) is 0 Å². The number of carbonyl (C=O) groups excluding carboxylic acids is 1. The Morgan fingerprint density at radius 1 is 1.12 bits per heavy atom. The third-order valence-corrected chi connectivity index (χ3v) is 4.71. The van der Waals surface area contributed by atoms with Gasteiger partial charge in [-0.1, -0.05) is 16.8 Å². The van der Waals surface area contributed by atoms with Crippen LogP contribution in [0.3, 0.4) is 0 Å². The summed E-state index contributed by atoms with van der Waals surface area (Å²) in [5.74, 6) is 0.00583. The van der Waals surface area contributed by atoms with Crippen molar-refractivity contribution in [3.63, 3.8) is 0 Å². The first-order chi connectivity index (χ1) is 12.7. The van der Waals surface area contributed by atoms with Gasteiger partial charge in [-0.25, -0.2) is 4.68 Å². The lowest BCUT2D eigenvalue weighted by Crippen LogP contribution is -2.48. The summed E-state index contributed by atoms with van der Waals surface area (Å²) in [5, 5.41) is 8.89. The lowest BCUT2D eigenvalue weighted by Gasteiger charge is -2.34. The van der Waals surface area contributed by atoms with Gasteiger partial charge >= 0.3 is 0 Å². The molecule has 0 unspecified atom stereocenters. The minimum absolute atomic E-state index is 0.00583. The van der Waals surface area contributed by atoms with Gasteiger partial charge in [0, 0.05) is 50.0 Å². The average Bonchev–Trinajstić information content (AvgIpc) is 3.34. The zero-order valence-electron chi connectivity index (χ0n) is 14.1. The Hall–Kier alpha value is -2.64. The van der Waals surface area contributed by atoms with Crippen LogP contribution < -0.4 is 0 Å². The largest absolute Gasteiger partial charge is 0.364 e. The number of amides is 1. The smallest absolute Gasteiger partial charge is 0.257 e. The summed E-state index contributed by atoms with van der Waals surface area (Å²) in [6.45, 7) is 3.73. The molecule has 2 aromatic heterocycles. The first kappa shape index (κ1) is 16.8. The standard InChI is InChI=1S/C18H18ClN5O2/c19-15-1-3-17(4-2-15)24-12-14(11-20-24)18(25)23-8-6-22(7-9-23)13-16-5-10-26-21-16/h1-5,10-12H,6-9,13H2. The summed E-state index contributed by atoms with van der Waals surface area (Å²) in [6.07, 6.45) is 4.94. The third-order valence-electron chi connectivity index (χ3n) is 4.46. The fraction of sp³-hybridized carbons (Fsp3) is 0.278. The van der Waals surface area contributed by atoms with Crippen molar-refractivity contribution in [1.82, 2.24) is 24.7 Å². The molecule has 1 saturated heterocycles. The van der Waals surface area contributed by atoms with Crippen LogP contribution in [0.2, 0.25) is 5.02 Å². The van der Waals surface area contributed by atoms with E-state index < -0.39 is 0 Å². The molecule has 1 amide bonds. The number of hydrogen-bond acceptors (Lipinski definition) is 5. The second-order valence-corrected chi connectivity index (χ2v) is 6.65. The van der Waals surface area contributed by atoms with Crippen LogP contribution in [-0.4, -0.2) is 56.8 Å². The average molecular weight is 372 g/mol. The fourth-order valence-corrected chi connectivity index (χ4v) is 3.13. The summed E-state index contributed by atoms with van der Waals surface area (Å²) < 4.78 is 6.55. The highest BCUT2D eigenvalue weighted by Gasteiger charge is 2.23. The Morgan fingerprint density at radius 2 is 1.88 bits per heavy atom. The second-order valence-electron chi connectivity index (χ2n) is 6.21. The summed E-state index contributed by atoms with van der Waals surface area (Å²) in [7, 11) is 0. The lowest BCUT2D eigenvalue weighted by molar-refractivity contribution is 0.0625. The van der Waals surface area contributed by atoms with Crippen LogP contribution in [-0.2, 0) is 6.54 Å².